The third kappa shape index (κ3) is 3.23. The highest BCUT2D eigenvalue weighted by molar-refractivity contribution is 9.10. The quantitative estimate of drug-likeness (QED) is 0.907. The van der Waals surface area contributed by atoms with Crippen molar-refractivity contribution in [3.8, 4) is 0 Å². The van der Waals surface area contributed by atoms with Crippen LogP contribution in [-0.2, 0) is 0 Å². The van der Waals surface area contributed by atoms with Crippen molar-refractivity contribution in [2.45, 2.75) is 45.1 Å². The van der Waals surface area contributed by atoms with E-state index >= 15 is 0 Å². The first kappa shape index (κ1) is 13.8. The minimum atomic E-state index is 0.642. The highest BCUT2D eigenvalue weighted by Crippen LogP contribution is 2.31. The normalized spacial score (nSPS) is 16.2. The van der Waals surface area contributed by atoms with Gasteiger partial charge in [0, 0.05) is 18.8 Å². The van der Waals surface area contributed by atoms with Gasteiger partial charge in [-0.3, -0.25) is 0 Å². The van der Waals surface area contributed by atoms with Crippen LogP contribution in [0.1, 0.15) is 37.7 Å². The number of nitrogens with two attached hydrogens (primary N) is 1. The summed E-state index contributed by atoms with van der Waals surface area (Å²) in [6, 6.07) is 2.79. The van der Waals surface area contributed by atoms with Crippen molar-refractivity contribution < 1.29 is 0 Å². The molecule has 1 aromatic rings. The minimum absolute atomic E-state index is 0.642. The van der Waals surface area contributed by atoms with Gasteiger partial charge < -0.3 is 10.6 Å². The second kappa shape index (κ2) is 6.53. The summed E-state index contributed by atoms with van der Waals surface area (Å²) < 4.78 is 1.10. The summed E-state index contributed by atoms with van der Waals surface area (Å²) in [7, 11) is 0. The molecule has 2 rings (SSSR count). The Bertz CT molecular complexity index is 389. The maximum absolute atomic E-state index is 5.66. The standard InChI is InChI=1S/C14H22BrN3/c1-11-9-13(15)14(17-10-11)18(8-4-7-16)12-5-2-3-6-12/h9-10,12H,2-8,16H2,1H3. The van der Waals surface area contributed by atoms with Gasteiger partial charge in [-0.05, 0) is 60.3 Å². The second-order valence-electron chi connectivity index (χ2n) is 5.09. The van der Waals surface area contributed by atoms with Gasteiger partial charge >= 0.3 is 0 Å². The molecular formula is C14H22BrN3. The first-order chi connectivity index (χ1) is 8.72. The smallest absolute Gasteiger partial charge is 0.143 e. The Morgan fingerprint density at radius 1 is 1.44 bits per heavy atom. The zero-order valence-corrected chi connectivity index (χ0v) is 12.6. The highest BCUT2D eigenvalue weighted by Gasteiger charge is 2.24. The third-order valence-corrected chi connectivity index (χ3v) is 4.18. The molecule has 3 nitrogen and oxygen atoms in total. The first-order valence-corrected chi connectivity index (χ1v) is 7.60. The monoisotopic (exact) mass is 311 g/mol. The van der Waals surface area contributed by atoms with E-state index in [1.165, 1.54) is 31.2 Å². The van der Waals surface area contributed by atoms with Gasteiger partial charge in [0.2, 0.25) is 0 Å². The molecular weight excluding hydrogens is 290 g/mol. The lowest BCUT2D eigenvalue weighted by molar-refractivity contribution is 0.586. The molecule has 0 radical (unpaired) electrons. The van der Waals surface area contributed by atoms with Crippen molar-refractivity contribution in [1.29, 1.82) is 0 Å². The maximum atomic E-state index is 5.66. The van der Waals surface area contributed by atoms with E-state index in [9.17, 15) is 0 Å². The van der Waals surface area contributed by atoms with Gasteiger partial charge in [0.1, 0.15) is 5.82 Å². The SMILES string of the molecule is Cc1cnc(N(CCCN)C2CCCC2)c(Br)c1. The molecule has 1 aliphatic rings. The van der Waals surface area contributed by atoms with E-state index in [0.29, 0.717) is 6.04 Å². The number of nitrogens with zero attached hydrogens (tertiary/aromatic N) is 2. The van der Waals surface area contributed by atoms with Crippen LogP contribution in [0.15, 0.2) is 16.7 Å². The number of aryl methyl sites for hydroxylation is 1. The Kier molecular flexibility index (Phi) is 5.01. The van der Waals surface area contributed by atoms with E-state index in [-0.39, 0.29) is 0 Å². The number of hydrogen-bond donors (Lipinski definition) is 1. The fraction of sp³-hybridized carbons (Fsp3) is 0.643. The van der Waals surface area contributed by atoms with Crippen molar-refractivity contribution in [2.75, 3.05) is 18.0 Å². The van der Waals surface area contributed by atoms with Gasteiger partial charge in [0.05, 0.1) is 4.47 Å². The maximum Gasteiger partial charge on any atom is 0.143 e. The molecule has 0 aromatic carbocycles. The van der Waals surface area contributed by atoms with Crippen LogP contribution in [0.3, 0.4) is 0 Å². The number of halogens is 1. The summed E-state index contributed by atoms with van der Waals surface area (Å²) in [5.74, 6) is 1.08. The fourth-order valence-electron chi connectivity index (χ4n) is 2.68. The molecule has 0 atom stereocenters. The largest absolute Gasteiger partial charge is 0.353 e. The van der Waals surface area contributed by atoms with Gasteiger partial charge in [0.25, 0.3) is 0 Å². The molecule has 1 fully saturated rings. The predicted octanol–water partition coefficient (Wildman–Crippen LogP) is 3.25. The van der Waals surface area contributed by atoms with Crippen LogP contribution in [0.2, 0.25) is 0 Å². The van der Waals surface area contributed by atoms with Crippen molar-refractivity contribution in [3.05, 3.63) is 22.3 Å². The Morgan fingerprint density at radius 3 is 2.78 bits per heavy atom. The molecule has 1 heterocycles. The van der Waals surface area contributed by atoms with Gasteiger partial charge in [-0.15, -0.1) is 0 Å². The molecule has 2 N–H and O–H groups in total. The first-order valence-electron chi connectivity index (χ1n) is 6.81. The zero-order valence-electron chi connectivity index (χ0n) is 11.0. The Labute approximate surface area is 118 Å². The van der Waals surface area contributed by atoms with Crippen LogP contribution in [0.25, 0.3) is 0 Å². The summed E-state index contributed by atoms with van der Waals surface area (Å²) in [4.78, 5) is 7.06. The molecule has 1 aromatic heterocycles. The molecule has 0 unspecified atom stereocenters. The number of hydrogen-bond acceptors (Lipinski definition) is 3. The number of anilines is 1. The van der Waals surface area contributed by atoms with Gasteiger partial charge in [-0.2, -0.15) is 0 Å². The molecule has 0 aliphatic heterocycles. The van der Waals surface area contributed by atoms with E-state index in [4.69, 9.17) is 5.73 Å². The van der Waals surface area contributed by atoms with Gasteiger partial charge in [-0.25, -0.2) is 4.98 Å². The lowest BCUT2D eigenvalue weighted by atomic mass is 10.2. The number of aromatic nitrogens is 1. The Hall–Kier alpha value is -0.610. The summed E-state index contributed by atoms with van der Waals surface area (Å²) >= 11 is 3.65. The van der Waals surface area contributed by atoms with E-state index in [2.05, 4.69) is 38.8 Å². The molecule has 0 bridgehead atoms. The van der Waals surface area contributed by atoms with Crippen molar-refractivity contribution in [2.24, 2.45) is 5.73 Å². The topological polar surface area (TPSA) is 42.2 Å². The average molecular weight is 312 g/mol. The zero-order chi connectivity index (χ0) is 13.0. The fourth-order valence-corrected chi connectivity index (χ4v) is 3.37. The third-order valence-electron chi connectivity index (χ3n) is 3.60. The van der Waals surface area contributed by atoms with Crippen molar-refractivity contribution in [1.82, 2.24) is 4.98 Å². The van der Waals surface area contributed by atoms with Crippen LogP contribution < -0.4 is 10.6 Å². The van der Waals surface area contributed by atoms with Crippen LogP contribution in [0.4, 0.5) is 5.82 Å². The van der Waals surface area contributed by atoms with Crippen LogP contribution in [0, 0.1) is 6.92 Å². The van der Waals surface area contributed by atoms with Crippen LogP contribution in [-0.4, -0.2) is 24.1 Å². The van der Waals surface area contributed by atoms with Gasteiger partial charge in [-0.1, -0.05) is 12.8 Å². The van der Waals surface area contributed by atoms with Crippen molar-refractivity contribution in [3.63, 3.8) is 0 Å². The van der Waals surface area contributed by atoms with E-state index in [0.717, 1.165) is 29.8 Å². The molecule has 18 heavy (non-hydrogen) atoms. The predicted molar refractivity (Wildman–Crippen MR) is 79.9 cm³/mol. The molecule has 0 spiro atoms. The summed E-state index contributed by atoms with van der Waals surface area (Å²) in [6.07, 6.45) is 8.22. The molecule has 100 valence electrons. The van der Waals surface area contributed by atoms with Gasteiger partial charge in [0.15, 0.2) is 0 Å². The summed E-state index contributed by atoms with van der Waals surface area (Å²) in [5, 5.41) is 0. The Balaban J connectivity index is 2.20. The van der Waals surface area contributed by atoms with E-state index in [1.807, 2.05) is 6.20 Å². The molecule has 1 saturated carbocycles. The lowest BCUT2D eigenvalue weighted by Gasteiger charge is -2.31. The lowest BCUT2D eigenvalue weighted by Crippen LogP contribution is -2.36. The van der Waals surface area contributed by atoms with Crippen LogP contribution in [0.5, 0.6) is 0 Å². The summed E-state index contributed by atoms with van der Waals surface area (Å²) in [6.45, 7) is 3.82. The highest BCUT2D eigenvalue weighted by atomic mass is 79.9. The van der Waals surface area contributed by atoms with Crippen LogP contribution >= 0.6 is 15.9 Å². The van der Waals surface area contributed by atoms with E-state index < -0.39 is 0 Å². The Morgan fingerprint density at radius 2 is 2.17 bits per heavy atom. The minimum Gasteiger partial charge on any atom is -0.353 e. The average Bonchev–Trinajstić information content (AvgIpc) is 2.85. The number of rotatable bonds is 5. The van der Waals surface area contributed by atoms with E-state index in [1.54, 1.807) is 0 Å². The molecule has 4 heteroatoms. The molecule has 0 saturated heterocycles. The number of pyridine rings is 1. The summed E-state index contributed by atoms with van der Waals surface area (Å²) in [5.41, 5.74) is 6.85. The molecule has 1 aliphatic carbocycles. The second-order valence-corrected chi connectivity index (χ2v) is 5.95. The molecule has 0 amide bonds. The van der Waals surface area contributed by atoms with Crippen molar-refractivity contribution >= 4 is 21.7 Å².